The van der Waals surface area contributed by atoms with Crippen LogP contribution in [0.4, 0.5) is 0 Å². The summed E-state index contributed by atoms with van der Waals surface area (Å²) in [6, 6.07) is 0. The summed E-state index contributed by atoms with van der Waals surface area (Å²) >= 11 is 0. The molecule has 0 amide bonds. The standard InChI is InChI=1S/C14H22N2O/c1-4-13-10(2)15-16(11(13)3)9-14(17)12-7-5-6-8-12/h12H,4-9H2,1-3H3. The number of Topliss-reactive ketones (excluding diaryl/α,β-unsaturated/α-hetero) is 1. The van der Waals surface area contributed by atoms with Gasteiger partial charge in [0.2, 0.25) is 0 Å². The molecule has 1 heterocycles. The SMILES string of the molecule is CCc1c(C)nn(CC(=O)C2CCCC2)c1C. The van der Waals surface area contributed by atoms with Crippen LogP contribution in [-0.2, 0) is 17.8 Å². The summed E-state index contributed by atoms with van der Waals surface area (Å²) < 4.78 is 1.90. The Kier molecular flexibility index (Phi) is 3.65. The second kappa shape index (κ2) is 5.03. The Labute approximate surface area is 103 Å². The molecule has 2 rings (SSSR count). The van der Waals surface area contributed by atoms with Crippen LogP contribution in [0.1, 0.15) is 49.6 Å². The van der Waals surface area contributed by atoms with Crippen molar-refractivity contribution in [3.05, 3.63) is 17.0 Å². The minimum atomic E-state index is 0.295. The third-order valence-electron chi connectivity index (χ3n) is 4.00. The minimum Gasteiger partial charge on any atom is -0.297 e. The summed E-state index contributed by atoms with van der Waals surface area (Å²) in [6.07, 6.45) is 5.59. The van der Waals surface area contributed by atoms with Gasteiger partial charge in [-0.15, -0.1) is 0 Å². The topological polar surface area (TPSA) is 34.9 Å². The molecule has 1 aliphatic carbocycles. The maximum absolute atomic E-state index is 12.1. The molecular formula is C14H22N2O. The molecule has 1 aromatic rings. The monoisotopic (exact) mass is 234 g/mol. The Morgan fingerprint density at radius 2 is 2.00 bits per heavy atom. The molecule has 0 saturated heterocycles. The fourth-order valence-corrected chi connectivity index (χ4v) is 2.92. The second-order valence-corrected chi connectivity index (χ2v) is 5.11. The van der Waals surface area contributed by atoms with Gasteiger partial charge in [-0.2, -0.15) is 5.10 Å². The number of rotatable bonds is 4. The van der Waals surface area contributed by atoms with Crippen LogP contribution in [-0.4, -0.2) is 15.6 Å². The van der Waals surface area contributed by atoms with E-state index >= 15 is 0 Å². The zero-order chi connectivity index (χ0) is 12.4. The van der Waals surface area contributed by atoms with Gasteiger partial charge in [0.1, 0.15) is 6.54 Å². The molecule has 3 heteroatoms. The summed E-state index contributed by atoms with van der Waals surface area (Å²) in [4.78, 5) is 12.1. The van der Waals surface area contributed by atoms with Gasteiger partial charge < -0.3 is 0 Å². The van der Waals surface area contributed by atoms with Gasteiger partial charge in [-0.3, -0.25) is 9.48 Å². The van der Waals surface area contributed by atoms with Crippen molar-refractivity contribution >= 4 is 5.78 Å². The molecule has 0 unspecified atom stereocenters. The fourth-order valence-electron chi connectivity index (χ4n) is 2.92. The van der Waals surface area contributed by atoms with Crippen LogP contribution in [0.15, 0.2) is 0 Å². The van der Waals surface area contributed by atoms with Crippen LogP contribution in [0.5, 0.6) is 0 Å². The molecule has 1 aliphatic rings. The molecule has 3 nitrogen and oxygen atoms in total. The van der Waals surface area contributed by atoms with Crippen molar-refractivity contribution in [2.24, 2.45) is 5.92 Å². The number of carbonyl (C=O) groups excluding carboxylic acids is 1. The molecular weight excluding hydrogens is 212 g/mol. The van der Waals surface area contributed by atoms with Gasteiger partial charge in [0.15, 0.2) is 5.78 Å². The predicted molar refractivity (Wildman–Crippen MR) is 68.0 cm³/mol. The van der Waals surface area contributed by atoms with Crippen molar-refractivity contribution in [3.63, 3.8) is 0 Å². The molecule has 1 saturated carbocycles. The first-order chi connectivity index (χ1) is 8.13. The first-order valence-electron chi connectivity index (χ1n) is 6.69. The smallest absolute Gasteiger partial charge is 0.157 e. The van der Waals surface area contributed by atoms with E-state index in [2.05, 4.69) is 18.9 Å². The molecule has 0 radical (unpaired) electrons. The highest BCUT2D eigenvalue weighted by Crippen LogP contribution is 2.26. The highest BCUT2D eigenvalue weighted by molar-refractivity contribution is 5.81. The number of ketones is 1. The van der Waals surface area contributed by atoms with Crippen molar-refractivity contribution < 1.29 is 4.79 Å². The number of hydrogen-bond donors (Lipinski definition) is 0. The Morgan fingerprint density at radius 1 is 1.35 bits per heavy atom. The number of aryl methyl sites for hydroxylation is 1. The van der Waals surface area contributed by atoms with E-state index in [0.717, 1.165) is 30.7 Å². The molecule has 0 aliphatic heterocycles. The predicted octanol–water partition coefficient (Wildman–Crippen LogP) is 2.82. The Morgan fingerprint density at radius 3 is 2.53 bits per heavy atom. The van der Waals surface area contributed by atoms with Crippen LogP contribution in [0.2, 0.25) is 0 Å². The lowest BCUT2D eigenvalue weighted by Crippen LogP contribution is -2.19. The summed E-state index contributed by atoms with van der Waals surface area (Å²) in [5.41, 5.74) is 3.53. The van der Waals surface area contributed by atoms with Gasteiger partial charge in [0.05, 0.1) is 5.69 Å². The minimum absolute atomic E-state index is 0.295. The van der Waals surface area contributed by atoms with Gasteiger partial charge in [0, 0.05) is 11.6 Å². The lowest BCUT2D eigenvalue weighted by molar-refractivity contribution is -0.123. The van der Waals surface area contributed by atoms with E-state index in [9.17, 15) is 4.79 Å². The average molecular weight is 234 g/mol. The number of hydrogen-bond acceptors (Lipinski definition) is 2. The number of nitrogens with zero attached hydrogens (tertiary/aromatic N) is 2. The number of carbonyl (C=O) groups is 1. The quantitative estimate of drug-likeness (QED) is 0.803. The maximum atomic E-state index is 12.1. The number of aromatic nitrogens is 2. The van der Waals surface area contributed by atoms with Crippen molar-refractivity contribution in [2.75, 3.05) is 0 Å². The Bertz CT molecular complexity index is 414. The zero-order valence-electron chi connectivity index (χ0n) is 11.1. The summed E-state index contributed by atoms with van der Waals surface area (Å²) in [7, 11) is 0. The van der Waals surface area contributed by atoms with Crippen molar-refractivity contribution in [3.8, 4) is 0 Å². The molecule has 17 heavy (non-hydrogen) atoms. The van der Waals surface area contributed by atoms with Gasteiger partial charge in [-0.05, 0) is 38.7 Å². The van der Waals surface area contributed by atoms with Crippen LogP contribution in [0, 0.1) is 19.8 Å². The van der Waals surface area contributed by atoms with Gasteiger partial charge in [-0.25, -0.2) is 0 Å². The molecule has 0 atom stereocenters. The third kappa shape index (κ3) is 2.43. The summed E-state index contributed by atoms with van der Waals surface area (Å²) in [6.45, 7) is 6.71. The highest BCUT2D eigenvalue weighted by Gasteiger charge is 2.23. The first kappa shape index (κ1) is 12.3. The van der Waals surface area contributed by atoms with E-state index in [0.29, 0.717) is 18.2 Å². The lowest BCUT2D eigenvalue weighted by Gasteiger charge is -2.09. The van der Waals surface area contributed by atoms with Crippen LogP contribution in [0.25, 0.3) is 0 Å². The van der Waals surface area contributed by atoms with E-state index in [4.69, 9.17) is 0 Å². The molecule has 1 aromatic heterocycles. The first-order valence-corrected chi connectivity index (χ1v) is 6.69. The lowest BCUT2D eigenvalue weighted by atomic mass is 10.0. The average Bonchev–Trinajstić information content (AvgIpc) is 2.89. The van der Waals surface area contributed by atoms with Crippen LogP contribution < -0.4 is 0 Å². The fraction of sp³-hybridized carbons (Fsp3) is 0.714. The highest BCUT2D eigenvalue weighted by atomic mass is 16.1. The molecule has 0 aromatic carbocycles. The van der Waals surface area contributed by atoms with E-state index in [1.807, 2.05) is 11.6 Å². The van der Waals surface area contributed by atoms with E-state index in [1.165, 1.54) is 18.4 Å². The zero-order valence-corrected chi connectivity index (χ0v) is 11.1. The van der Waals surface area contributed by atoms with Crippen LogP contribution in [0.3, 0.4) is 0 Å². The Hall–Kier alpha value is -1.12. The van der Waals surface area contributed by atoms with Crippen molar-refractivity contribution in [2.45, 2.75) is 59.4 Å². The van der Waals surface area contributed by atoms with E-state index in [-0.39, 0.29) is 0 Å². The van der Waals surface area contributed by atoms with Gasteiger partial charge >= 0.3 is 0 Å². The molecule has 0 spiro atoms. The summed E-state index contributed by atoms with van der Waals surface area (Å²) in [5, 5.41) is 4.49. The molecule has 0 N–H and O–H groups in total. The molecule has 0 bridgehead atoms. The largest absolute Gasteiger partial charge is 0.297 e. The van der Waals surface area contributed by atoms with Crippen LogP contribution >= 0.6 is 0 Å². The van der Waals surface area contributed by atoms with Crippen molar-refractivity contribution in [1.29, 1.82) is 0 Å². The van der Waals surface area contributed by atoms with Crippen molar-refractivity contribution in [1.82, 2.24) is 9.78 Å². The molecule has 94 valence electrons. The van der Waals surface area contributed by atoms with Gasteiger partial charge in [0.25, 0.3) is 0 Å². The summed E-state index contributed by atoms with van der Waals surface area (Å²) in [5.74, 6) is 0.666. The van der Waals surface area contributed by atoms with Gasteiger partial charge in [-0.1, -0.05) is 19.8 Å². The van der Waals surface area contributed by atoms with E-state index in [1.54, 1.807) is 0 Å². The maximum Gasteiger partial charge on any atom is 0.157 e. The third-order valence-corrected chi connectivity index (χ3v) is 4.00. The Balaban J connectivity index is 2.10. The molecule has 1 fully saturated rings. The normalized spacial score (nSPS) is 16.6. The van der Waals surface area contributed by atoms with E-state index < -0.39 is 0 Å². The second-order valence-electron chi connectivity index (χ2n) is 5.11.